The molecule has 0 bridgehead atoms. The Balaban J connectivity index is 1.63. The lowest BCUT2D eigenvalue weighted by atomic mass is 9.96. The summed E-state index contributed by atoms with van der Waals surface area (Å²) in [5.41, 5.74) is 2.28. The molecule has 42 heavy (non-hydrogen) atoms. The topological polar surface area (TPSA) is 101 Å². The van der Waals surface area contributed by atoms with Gasteiger partial charge in [0.15, 0.2) is 0 Å². The van der Waals surface area contributed by atoms with Crippen molar-refractivity contribution in [3.63, 3.8) is 0 Å². The summed E-state index contributed by atoms with van der Waals surface area (Å²) in [6, 6.07) is 17.3. The number of carboxylic acid groups (broad SMARTS) is 1. The van der Waals surface area contributed by atoms with E-state index in [1.165, 1.54) is 25.4 Å². The highest BCUT2D eigenvalue weighted by Crippen LogP contribution is 2.39. The zero-order valence-corrected chi connectivity index (χ0v) is 23.6. The molecule has 0 atom stereocenters. The maximum atomic E-state index is 13.8. The van der Waals surface area contributed by atoms with Crippen molar-refractivity contribution in [1.82, 2.24) is 10.3 Å². The van der Waals surface area contributed by atoms with Crippen molar-refractivity contribution >= 4 is 40.8 Å². The van der Waals surface area contributed by atoms with Crippen LogP contribution in [0.15, 0.2) is 72.9 Å². The van der Waals surface area contributed by atoms with Gasteiger partial charge in [0.1, 0.15) is 11.4 Å². The number of anilines is 1. The predicted molar refractivity (Wildman–Crippen MR) is 155 cm³/mol. The van der Waals surface area contributed by atoms with Gasteiger partial charge in [0.25, 0.3) is 5.91 Å². The number of hydrogen-bond donors (Lipinski definition) is 3. The molecule has 218 valence electrons. The number of nitrogens with one attached hydrogen (secondary N) is 2. The zero-order chi connectivity index (χ0) is 30.4. The normalized spacial score (nSPS) is 11.2. The number of nitrogens with zero attached hydrogens (tertiary/aromatic N) is 1. The summed E-state index contributed by atoms with van der Waals surface area (Å²) >= 11 is 12.5. The van der Waals surface area contributed by atoms with Crippen molar-refractivity contribution in [2.75, 3.05) is 19.0 Å². The molecule has 1 amide bonds. The maximum Gasteiger partial charge on any atom is 0.416 e. The molecule has 0 aliphatic heterocycles. The average Bonchev–Trinajstić information content (AvgIpc) is 2.95. The van der Waals surface area contributed by atoms with Crippen LogP contribution < -0.4 is 15.4 Å². The largest absolute Gasteiger partial charge is 0.496 e. The number of ether oxygens (including phenoxy) is 1. The predicted octanol–water partition coefficient (Wildman–Crippen LogP) is 7.57. The molecule has 0 spiro atoms. The number of hydrogen-bond acceptors (Lipinski definition) is 5. The highest BCUT2D eigenvalue weighted by molar-refractivity contribution is 6.33. The summed E-state index contributed by atoms with van der Waals surface area (Å²) in [5.74, 6) is -1.67. The Bertz CT molecular complexity index is 1600. The van der Waals surface area contributed by atoms with Gasteiger partial charge in [-0.25, -0.2) is 0 Å². The number of carbonyl (C=O) groups excluding carboxylic acids is 1. The van der Waals surface area contributed by atoms with Gasteiger partial charge in [-0.2, -0.15) is 13.2 Å². The minimum Gasteiger partial charge on any atom is -0.496 e. The zero-order valence-electron chi connectivity index (χ0n) is 22.1. The van der Waals surface area contributed by atoms with E-state index in [-0.39, 0.29) is 36.5 Å². The first-order chi connectivity index (χ1) is 20.0. The Morgan fingerprint density at radius 3 is 2.26 bits per heavy atom. The smallest absolute Gasteiger partial charge is 0.416 e. The Hall–Kier alpha value is -4.28. The fraction of sp³-hybridized carbons (Fsp3) is 0.167. The monoisotopic (exact) mass is 617 g/mol. The van der Waals surface area contributed by atoms with Gasteiger partial charge in [0.2, 0.25) is 0 Å². The van der Waals surface area contributed by atoms with E-state index in [2.05, 4.69) is 15.6 Å². The third kappa shape index (κ3) is 7.51. The molecule has 0 aliphatic rings. The lowest BCUT2D eigenvalue weighted by Gasteiger charge is -2.19. The molecule has 0 saturated carbocycles. The molecular weight excluding hydrogens is 594 g/mol. The molecule has 4 rings (SSSR count). The molecular formula is C30H24Cl2F3N3O4. The number of pyridine rings is 1. The van der Waals surface area contributed by atoms with Gasteiger partial charge in [-0.15, -0.1) is 0 Å². The van der Waals surface area contributed by atoms with Crippen LogP contribution in [0.25, 0.3) is 22.3 Å². The van der Waals surface area contributed by atoms with Gasteiger partial charge in [0, 0.05) is 46.7 Å². The van der Waals surface area contributed by atoms with Crippen LogP contribution >= 0.6 is 23.2 Å². The number of carbonyl (C=O) groups is 2. The van der Waals surface area contributed by atoms with Crippen molar-refractivity contribution < 1.29 is 32.6 Å². The van der Waals surface area contributed by atoms with E-state index >= 15 is 0 Å². The van der Waals surface area contributed by atoms with Crippen molar-refractivity contribution in [2.24, 2.45) is 0 Å². The number of alkyl halides is 3. The van der Waals surface area contributed by atoms with Crippen LogP contribution in [0, 0.1) is 0 Å². The number of carboxylic acids is 1. The van der Waals surface area contributed by atoms with E-state index in [0.29, 0.717) is 26.9 Å². The molecule has 3 N–H and O–H groups in total. The van der Waals surface area contributed by atoms with E-state index < -0.39 is 23.6 Å². The second-order valence-corrected chi connectivity index (χ2v) is 9.93. The average molecular weight is 618 g/mol. The molecule has 0 fully saturated rings. The third-order valence-corrected chi connectivity index (χ3v) is 6.85. The molecule has 0 radical (unpaired) electrons. The summed E-state index contributed by atoms with van der Waals surface area (Å²) in [4.78, 5) is 27.0. The fourth-order valence-corrected chi connectivity index (χ4v) is 4.59. The van der Waals surface area contributed by atoms with Gasteiger partial charge >= 0.3 is 12.1 Å². The molecule has 12 heteroatoms. The second-order valence-electron chi connectivity index (χ2n) is 9.09. The van der Waals surface area contributed by atoms with E-state index in [1.807, 2.05) is 18.2 Å². The van der Waals surface area contributed by atoms with E-state index in [9.17, 15) is 22.8 Å². The number of aliphatic carboxylic acids is 1. The van der Waals surface area contributed by atoms with Crippen molar-refractivity contribution in [3.8, 4) is 28.0 Å². The van der Waals surface area contributed by atoms with Crippen LogP contribution in [0.3, 0.4) is 0 Å². The fourth-order valence-electron chi connectivity index (χ4n) is 4.17. The van der Waals surface area contributed by atoms with Crippen LogP contribution in [-0.4, -0.2) is 35.6 Å². The van der Waals surface area contributed by atoms with Gasteiger partial charge in [0.05, 0.1) is 24.1 Å². The SMILES string of the molecule is COc1cc(C(F)(F)F)cc(-c2ccc(C(=O)NCCC(=O)O)nc2)c1CNc1ccc(-c2ccc(Cl)cc2)c(Cl)c1. The molecule has 1 heterocycles. The highest BCUT2D eigenvalue weighted by Gasteiger charge is 2.33. The van der Waals surface area contributed by atoms with Crippen molar-refractivity contribution in [2.45, 2.75) is 19.1 Å². The van der Waals surface area contributed by atoms with Crippen LogP contribution in [0.1, 0.15) is 28.0 Å². The maximum absolute atomic E-state index is 13.8. The lowest BCUT2D eigenvalue weighted by molar-refractivity contribution is -0.138. The third-order valence-electron chi connectivity index (χ3n) is 6.28. The van der Waals surface area contributed by atoms with Gasteiger partial charge in [-0.05, 0) is 53.6 Å². The quantitative estimate of drug-likeness (QED) is 0.170. The van der Waals surface area contributed by atoms with Crippen molar-refractivity contribution in [3.05, 3.63) is 99.8 Å². The molecule has 0 unspecified atom stereocenters. The minimum absolute atomic E-state index is 0.00620. The first-order valence-corrected chi connectivity index (χ1v) is 13.3. The number of aromatic nitrogens is 1. The van der Waals surface area contributed by atoms with Crippen LogP contribution in [-0.2, 0) is 17.5 Å². The Morgan fingerprint density at radius 2 is 1.67 bits per heavy atom. The standard InChI is InChI=1S/C30H24Cl2F3N3O4/c1-42-27-13-19(30(33,34)35)12-23(18-4-9-26(38-15-18)29(41)36-11-10-28(39)40)24(27)16-37-21-7-8-22(25(32)14-21)17-2-5-20(31)6-3-17/h2-9,12-15,37H,10-11,16H2,1H3,(H,36,41)(H,39,40). The highest BCUT2D eigenvalue weighted by atomic mass is 35.5. The molecule has 0 aliphatic carbocycles. The number of halogens is 5. The first kappa shape index (κ1) is 30.7. The minimum atomic E-state index is -4.64. The second kappa shape index (κ2) is 13.1. The van der Waals surface area contributed by atoms with Crippen molar-refractivity contribution in [1.29, 1.82) is 0 Å². The molecule has 0 saturated heterocycles. The number of rotatable bonds is 10. The summed E-state index contributed by atoms with van der Waals surface area (Å²) in [7, 11) is 1.28. The Kier molecular flexibility index (Phi) is 9.59. The summed E-state index contributed by atoms with van der Waals surface area (Å²) in [6.45, 7) is -0.0202. The van der Waals surface area contributed by atoms with Gasteiger partial charge < -0.3 is 20.5 Å². The summed E-state index contributed by atoms with van der Waals surface area (Å²) < 4.78 is 46.7. The molecule has 7 nitrogen and oxygen atoms in total. The Morgan fingerprint density at radius 1 is 0.952 bits per heavy atom. The number of methoxy groups -OCH3 is 1. The molecule has 1 aromatic heterocycles. The van der Waals surface area contributed by atoms with Crippen LogP contribution in [0.4, 0.5) is 18.9 Å². The van der Waals surface area contributed by atoms with Gasteiger partial charge in [-0.1, -0.05) is 47.5 Å². The van der Waals surface area contributed by atoms with E-state index in [1.54, 1.807) is 24.3 Å². The first-order valence-electron chi connectivity index (χ1n) is 12.5. The van der Waals surface area contributed by atoms with E-state index in [4.69, 9.17) is 33.0 Å². The summed E-state index contributed by atoms with van der Waals surface area (Å²) in [5, 5.41) is 15.4. The van der Waals surface area contributed by atoms with E-state index in [0.717, 1.165) is 23.3 Å². The number of benzene rings is 3. The molecule has 3 aromatic carbocycles. The molecule has 4 aromatic rings. The lowest BCUT2D eigenvalue weighted by Crippen LogP contribution is -2.26. The number of amides is 1. The summed E-state index contributed by atoms with van der Waals surface area (Å²) in [6.07, 6.45) is -3.63. The van der Waals surface area contributed by atoms with Gasteiger partial charge in [-0.3, -0.25) is 14.6 Å². The van der Waals surface area contributed by atoms with Crippen LogP contribution in [0.5, 0.6) is 5.75 Å². The van der Waals surface area contributed by atoms with Crippen LogP contribution in [0.2, 0.25) is 10.0 Å². The Labute approximate surface area is 249 Å².